The number of carbonyl (C=O) groups is 2. The van der Waals surface area contributed by atoms with E-state index in [1.165, 1.54) is 14.0 Å². The lowest BCUT2D eigenvalue weighted by molar-refractivity contribution is -0.137. The molecule has 5 rings (SSSR count). The molecule has 2 aliphatic rings. The summed E-state index contributed by atoms with van der Waals surface area (Å²) in [5.74, 6) is -0.759. The molecule has 3 aromatic rings. The SMILES string of the molecule is CCN1CCC(NC(=O)c2ccc(Nc3ncc(C(F)(F)F)c(N[C@@H]4Cc5ccccc5[C@H]4NC(C)=O)n3)c(OC)c2)CC1. The average Bonchev–Trinajstić information content (AvgIpc) is 3.33. The van der Waals surface area contributed by atoms with Gasteiger partial charge in [0.2, 0.25) is 11.9 Å². The molecule has 10 nitrogen and oxygen atoms in total. The lowest BCUT2D eigenvalue weighted by atomic mass is 10.0. The Labute approximate surface area is 253 Å². The summed E-state index contributed by atoms with van der Waals surface area (Å²) in [5.41, 5.74) is 1.48. The van der Waals surface area contributed by atoms with Gasteiger partial charge in [-0.15, -0.1) is 0 Å². The maximum Gasteiger partial charge on any atom is 0.421 e. The van der Waals surface area contributed by atoms with Gasteiger partial charge in [-0.3, -0.25) is 9.59 Å². The quantitative estimate of drug-likeness (QED) is 0.276. The normalized spacial score (nSPS) is 18.8. The van der Waals surface area contributed by atoms with E-state index in [2.05, 4.69) is 43.1 Å². The molecule has 1 saturated heterocycles. The number of nitrogens with zero attached hydrogens (tertiary/aromatic N) is 3. The maximum absolute atomic E-state index is 14.0. The number of fused-ring (bicyclic) bond motifs is 1. The van der Waals surface area contributed by atoms with Gasteiger partial charge in [0.25, 0.3) is 5.91 Å². The van der Waals surface area contributed by atoms with Gasteiger partial charge in [0, 0.05) is 37.8 Å². The van der Waals surface area contributed by atoms with E-state index < -0.39 is 29.6 Å². The number of ether oxygens (including phenoxy) is 1. The summed E-state index contributed by atoms with van der Waals surface area (Å²) < 4.78 is 47.6. The van der Waals surface area contributed by atoms with Crippen molar-refractivity contribution in [3.05, 3.63) is 70.9 Å². The Kier molecular flexibility index (Phi) is 9.23. The summed E-state index contributed by atoms with van der Waals surface area (Å²) in [6.07, 6.45) is -1.88. The number of rotatable bonds is 9. The number of methoxy groups -OCH3 is 1. The number of anilines is 3. The number of halogens is 3. The van der Waals surface area contributed by atoms with Gasteiger partial charge in [-0.25, -0.2) is 4.98 Å². The van der Waals surface area contributed by atoms with Crippen LogP contribution in [0.15, 0.2) is 48.7 Å². The molecule has 2 atom stereocenters. The first-order valence-corrected chi connectivity index (χ1v) is 14.6. The Morgan fingerprint density at radius 1 is 1.09 bits per heavy atom. The Morgan fingerprint density at radius 2 is 1.84 bits per heavy atom. The number of likely N-dealkylation sites (tertiary alicyclic amines) is 1. The first kappa shape index (κ1) is 31.0. The summed E-state index contributed by atoms with van der Waals surface area (Å²) in [4.78, 5) is 35.3. The first-order valence-electron chi connectivity index (χ1n) is 14.6. The smallest absolute Gasteiger partial charge is 0.421 e. The lowest BCUT2D eigenvalue weighted by Gasteiger charge is -2.31. The van der Waals surface area contributed by atoms with Crippen molar-refractivity contribution in [3.8, 4) is 5.75 Å². The molecule has 44 heavy (non-hydrogen) atoms. The molecular formula is C31H36F3N7O3. The number of hydrogen-bond donors (Lipinski definition) is 4. The zero-order valence-electron chi connectivity index (χ0n) is 24.8. The number of alkyl halides is 3. The first-order chi connectivity index (χ1) is 21.0. The summed E-state index contributed by atoms with van der Waals surface area (Å²) in [6.45, 7) is 6.33. The molecule has 13 heteroatoms. The second-order valence-corrected chi connectivity index (χ2v) is 11.0. The van der Waals surface area contributed by atoms with Crippen LogP contribution in [-0.4, -0.2) is 65.5 Å². The van der Waals surface area contributed by atoms with Crippen molar-refractivity contribution in [2.45, 2.75) is 57.4 Å². The monoisotopic (exact) mass is 611 g/mol. The van der Waals surface area contributed by atoms with E-state index in [4.69, 9.17) is 4.74 Å². The van der Waals surface area contributed by atoms with Crippen LogP contribution < -0.4 is 26.0 Å². The van der Waals surface area contributed by atoms with Gasteiger partial charge in [0.1, 0.15) is 17.1 Å². The fourth-order valence-corrected chi connectivity index (χ4v) is 5.78. The van der Waals surface area contributed by atoms with E-state index in [1.54, 1.807) is 18.2 Å². The minimum Gasteiger partial charge on any atom is -0.495 e. The van der Waals surface area contributed by atoms with Gasteiger partial charge in [0.05, 0.1) is 24.9 Å². The van der Waals surface area contributed by atoms with Gasteiger partial charge >= 0.3 is 6.18 Å². The Morgan fingerprint density at radius 3 is 2.52 bits per heavy atom. The van der Waals surface area contributed by atoms with Crippen molar-refractivity contribution in [2.75, 3.05) is 37.4 Å². The maximum atomic E-state index is 14.0. The van der Waals surface area contributed by atoms with Gasteiger partial charge in [0.15, 0.2) is 0 Å². The van der Waals surface area contributed by atoms with Gasteiger partial charge < -0.3 is 30.9 Å². The fourth-order valence-electron chi connectivity index (χ4n) is 5.78. The van der Waals surface area contributed by atoms with Crippen LogP contribution in [0.2, 0.25) is 0 Å². The molecule has 0 spiro atoms. The van der Waals surface area contributed by atoms with E-state index in [0.29, 0.717) is 29.6 Å². The molecule has 2 heterocycles. The number of aromatic nitrogens is 2. The number of hydrogen-bond acceptors (Lipinski definition) is 8. The standard InChI is InChI=1S/C31H36F3N7O3/c1-4-41-13-11-21(12-14-41)37-29(43)20-9-10-24(26(16-20)44-3)39-30-35-17-23(31(32,33)34)28(40-30)38-25-15-19-7-5-6-8-22(19)27(25)36-18(2)42/h5-10,16-17,21,25,27H,4,11-15H2,1-3H3,(H,36,42)(H,37,43)(H2,35,38,39,40)/t25-,27-/m1/s1. The molecular weight excluding hydrogens is 575 g/mol. The Bertz CT molecular complexity index is 1510. The van der Waals surface area contributed by atoms with Crippen molar-refractivity contribution < 1.29 is 27.5 Å². The van der Waals surface area contributed by atoms with Crippen LogP contribution >= 0.6 is 0 Å². The zero-order chi connectivity index (χ0) is 31.4. The molecule has 0 unspecified atom stereocenters. The third kappa shape index (κ3) is 7.04. The third-order valence-corrected chi connectivity index (χ3v) is 8.09. The van der Waals surface area contributed by atoms with E-state index in [-0.39, 0.29) is 23.8 Å². The third-order valence-electron chi connectivity index (χ3n) is 8.09. The number of carbonyl (C=O) groups excluding carboxylic acids is 2. The highest BCUT2D eigenvalue weighted by Gasteiger charge is 2.39. The highest BCUT2D eigenvalue weighted by atomic mass is 19.4. The molecule has 234 valence electrons. The Balaban J connectivity index is 1.35. The number of amides is 2. The van der Waals surface area contributed by atoms with Crippen LogP contribution in [0.25, 0.3) is 0 Å². The Hall–Kier alpha value is -4.39. The molecule has 0 bridgehead atoms. The van der Waals surface area contributed by atoms with Crippen LogP contribution in [0, 0.1) is 0 Å². The predicted molar refractivity (Wildman–Crippen MR) is 160 cm³/mol. The molecule has 1 fully saturated rings. The predicted octanol–water partition coefficient (Wildman–Crippen LogP) is 4.68. The van der Waals surface area contributed by atoms with Crippen molar-refractivity contribution in [2.24, 2.45) is 0 Å². The molecule has 1 aliphatic carbocycles. The van der Waals surface area contributed by atoms with Crippen LogP contribution in [-0.2, 0) is 17.4 Å². The summed E-state index contributed by atoms with van der Waals surface area (Å²) in [5, 5.41) is 11.8. The number of nitrogens with one attached hydrogen (secondary N) is 4. The second-order valence-electron chi connectivity index (χ2n) is 11.0. The van der Waals surface area contributed by atoms with E-state index in [1.807, 2.05) is 24.3 Å². The molecule has 1 aliphatic heterocycles. The zero-order valence-corrected chi connectivity index (χ0v) is 24.8. The fraction of sp³-hybridized carbons (Fsp3) is 0.419. The van der Waals surface area contributed by atoms with Crippen molar-refractivity contribution in [1.29, 1.82) is 0 Å². The van der Waals surface area contributed by atoms with Crippen molar-refractivity contribution in [3.63, 3.8) is 0 Å². The molecule has 4 N–H and O–H groups in total. The van der Waals surface area contributed by atoms with E-state index in [0.717, 1.165) is 43.6 Å². The van der Waals surface area contributed by atoms with Gasteiger partial charge in [-0.2, -0.15) is 18.2 Å². The van der Waals surface area contributed by atoms with E-state index in [9.17, 15) is 22.8 Å². The summed E-state index contributed by atoms with van der Waals surface area (Å²) in [6, 6.07) is 11.1. The van der Waals surface area contributed by atoms with Crippen LogP contribution in [0.5, 0.6) is 5.75 Å². The van der Waals surface area contributed by atoms with Crippen molar-refractivity contribution in [1.82, 2.24) is 25.5 Å². The summed E-state index contributed by atoms with van der Waals surface area (Å²) in [7, 11) is 1.43. The largest absolute Gasteiger partial charge is 0.495 e. The molecule has 2 aromatic carbocycles. The number of benzene rings is 2. The minimum atomic E-state index is -4.73. The highest BCUT2D eigenvalue weighted by Crippen LogP contribution is 2.38. The molecule has 0 saturated carbocycles. The van der Waals surface area contributed by atoms with Crippen LogP contribution in [0.3, 0.4) is 0 Å². The number of piperidine rings is 1. The molecule has 0 radical (unpaired) electrons. The van der Waals surface area contributed by atoms with Crippen LogP contribution in [0.1, 0.15) is 59.8 Å². The highest BCUT2D eigenvalue weighted by molar-refractivity contribution is 5.95. The van der Waals surface area contributed by atoms with Crippen LogP contribution in [0.4, 0.5) is 30.6 Å². The molecule has 1 aromatic heterocycles. The van der Waals surface area contributed by atoms with Gasteiger partial charge in [-0.1, -0.05) is 31.2 Å². The molecule has 2 amide bonds. The van der Waals surface area contributed by atoms with Crippen molar-refractivity contribution >= 4 is 29.3 Å². The average molecular weight is 612 g/mol. The minimum absolute atomic E-state index is 0.0819. The summed E-state index contributed by atoms with van der Waals surface area (Å²) >= 11 is 0. The topological polar surface area (TPSA) is 121 Å². The van der Waals surface area contributed by atoms with E-state index >= 15 is 0 Å². The van der Waals surface area contributed by atoms with Gasteiger partial charge in [-0.05, 0) is 55.1 Å². The lowest BCUT2D eigenvalue weighted by Crippen LogP contribution is -2.44. The second kappa shape index (κ2) is 13.1.